The van der Waals surface area contributed by atoms with E-state index in [0.717, 1.165) is 19.3 Å². The lowest BCUT2D eigenvalue weighted by Crippen LogP contribution is -2.55. The number of hydrogen-bond donors (Lipinski definition) is 0. The van der Waals surface area contributed by atoms with E-state index in [-0.39, 0.29) is 46.8 Å². The molecule has 0 spiro atoms. The van der Waals surface area contributed by atoms with Crippen molar-refractivity contribution in [1.82, 2.24) is 0 Å². The van der Waals surface area contributed by atoms with Gasteiger partial charge in [-0.1, -0.05) is 32.4 Å². The molecule has 5 rings (SSSR count). The summed E-state index contributed by atoms with van der Waals surface area (Å²) in [5, 5.41) is 10.2. The van der Waals surface area contributed by atoms with Crippen LogP contribution in [-0.4, -0.2) is 23.6 Å². The molecule has 0 radical (unpaired) electrons. The van der Waals surface area contributed by atoms with E-state index in [1.165, 1.54) is 5.57 Å². The number of ketones is 2. The third-order valence-corrected chi connectivity index (χ3v) is 9.57. The van der Waals surface area contributed by atoms with Gasteiger partial charge in [0.15, 0.2) is 0 Å². The van der Waals surface area contributed by atoms with Crippen LogP contribution in [0.25, 0.3) is 0 Å². The molecule has 0 amide bonds. The van der Waals surface area contributed by atoms with Crippen LogP contribution in [-0.2, 0) is 19.1 Å². The highest BCUT2D eigenvalue weighted by Gasteiger charge is 2.74. The third-order valence-electron chi connectivity index (χ3n) is 9.57. The summed E-state index contributed by atoms with van der Waals surface area (Å²) < 4.78 is 5.83. The van der Waals surface area contributed by atoms with Gasteiger partial charge in [0, 0.05) is 29.6 Å². The van der Waals surface area contributed by atoms with E-state index in [4.69, 9.17) is 4.74 Å². The first-order chi connectivity index (χ1) is 13.7. The van der Waals surface area contributed by atoms with Crippen molar-refractivity contribution in [3.63, 3.8) is 0 Å². The summed E-state index contributed by atoms with van der Waals surface area (Å²) in [5.74, 6) is -0.837. The molecule has 5 heteroatoms. The van der Waals surface area contributed by atoms with Crippen molar-refractivity contribution in [2.24, 2.45) is 39.9 Å². The summed E-state index contributed by atoms with van der Waals surface area (Å²) in [6, 6.07) is 2.51. The number of ether oxygens (including phenoxy) is 1. The summed E-state index contributed by atoms with van der Waals surface area (Å²) in [4.78, 5) is 38.2. The average Bonchev–Trinajstić information content (AvgIpc) is 3.19. The second-order valence-corrected chi connectivity index (χ2v) is 10.4. The molecule has 154 valence electrons. The summed E-state index contributed by atoms with van der Waals surface area (Å²) in [7, 11) is 0. The molecule has 4 fully saturated rings. The highest BCUT2D eigenvalue weighted by molar-refractivity contribution is 6.08. The molecule has 0 saturated heterocycles. The number of carbonyl (C=O) groups is 3. The molecule has 29 heavy (non-hydrogen) atoms. The van der Waals surface area contributed by atoms with Gasteiger partial charge in [0.05, 0.1) is 17.4 Å². The van der Waals surface area contributed by atoms with Crippen molar-refractivity contribution in [1.29, 1.82) is 5.26 Å². The van der Waals surface area contributed by atoms with Crippen molar-refractivity contribution >= 4 is 17.5 Å². The zero-order valence-electron chi connectivity index (χ0n) is 17.5. The van der Waals surface area contributed by atoms with Gasteiger partial charge in [0.1, 0.15) is 17.7 Å². The smallest absolute Gasteiger partial charge is 0.305 e. The maximum atomic E-state index is 13.5. The molecule has 4 saturated carbocycles. The van der Waals surface area contributed by atoms with Gasteiger partial charge in [0.2, 0.25) is 0 Å². The topological polar surface area (TPSA) is 84.2 Å². The molecular weight excluding hydrogens is 366 g/mol. The minimum Gasteiger partial charge on any atom is -0.462 e. The second kappa shape index (κ2) is 5.80. The SMILES string of the molecule is CCC(=O)O[C@H]1CCC2C3C(=CCC21C)C1(C)CCC(=O)[C@H]2C(=O)[C@@H]3C[C@]21C#N. The third kappa shape index (κ3) is 2.03. The Kier molecular flexibility index (Phi) is 3.81. The molecule has 4 unspecified atom stereocenters. The predicted octanol–water partition coefficient (Wildman–Crippen LogP) is 3.77. The van der Waals surface area contributed by atoms with Crippen molar-refractivity contribution in [2.45, 2.75) is 71.8 Å². The molecule has 0 aromatic carbocycles. The van der Waals surface area contributed by atoms with Crippen LogP contribution in [0, 0.1) is 51.2 Å². The Morgan fingerprint density at radius 3 is 2.76 bits per heavy atom. The molecule has 5 aliphatic carbocycles. The minimum atomic E-state index is -0.868. The zero-order chi connectivity index (χ0) is 20.8. The molecule has 0 aliphatic heterocycles. The summed E-state index contributed by atoms with van der Waals surface area (Å²) >= 11 is 0. The summed E-state index contributed by atoms with van der Waals surface area (Å²) in [6.07, 6.45) is 6.66. The molecular formula is C24H29NO4. The van der Waals surface area contributed by atoms with Gasteiger partial charge in [-0.3, -0.25) is 14.4 Å². The first-order valence-corrected chi connectivity index (χ1v) is 11.1. The fourth-order valence-electron chi connectivity index (χ4n) is 7.99. The van der Waals surface area contributed by atoms with Crippen LogP contribution in [0.15, 0.2) is 11.6 Å². The standard InChI is InChI=1S/C24H29NO4/c1-4-18(27)29-17-6-5-14-19-13-11-24(12-25)20(21(13)28)16(26)8-10-23(24,3)15(19)7-9-22(14,17)2/h7,13-14,17,19-20H,4-6,8-11H2,1-3H3/t13-,14?,17+,19?,20+,22?,23?,24+/m1/s1. The van der Waals surface area contributed by atoms with Crippen LogP contribution in [0.3, 0.4) is 0 Å². The van der Waals surface area contributed by atoms with E-state index in [1.807, 2.05) is 6.92 Å². The van der Waals surface area contributed by atoms with Crippen LogP contribution in [0.1, 0.15) is 65.7 Å². The van der Waals surface area contributed by atoms with Crippen LogP contribution < -0.4 is 0 Å². The minimum absolute atomic E-state index is 0.00845. The molecule has 5 nitrogen and oxygen atoms in total. The number of nitrogens with zero attached hydrogens (tertiary/aromatic N) is 1. The molecule has 5 aliphatic rings. The fourth-order valence-corrected chi connectivity index (χ4v) is 7.99. The molecule has 0 aromatic rings. The highest BCUT2D eigenvalue weighted by Crippen LogP contribution is 2.74. The first-order valence-electron chi connectivity index (χ1n) is 11.1. The maximum absolute atomic E-state index is 13.5. The van der Waals surface area contributed by atoms with Crippen LogP contribution in [0.2, 0.25) is 0 Å². The van der Waals surface area contributed by atoms with Crippen molar-refractivity contribution < 1.29 is 19.1 Å². The monoisotopic (exact) mass is 395 g/mol. The normalized spacial score (nSPS) is 49.7. The molecule has 0 aromatic heterocycles. The van der Waals surface area contributed by atoms with Gasteiger partial charge in [0.25, 0.3) is 0 Å². The quantitative estimate of drug-likeness (QED) is 0.404. The summed E-state index contributed by atoms with van der Waals surface area (Å²) in [6.45, 7) is 6.15. The van der Waals surface area contributed by atoms with Crippen molar-refractivity contribution in [3.05, 3.63) is 11.6 Å². The van der Waals surface area contributed by atoms with E-state index in [0.29, 0.717) is 25.7 Å². The second-order valence-electron chi connectivity index (χ2n) is 10.4. The lowest BCUT2D eigenvalue weighted by Gasteiger charge is -2.57. The number of allylic oxidation sites excluding steroid dienone is 2. The number of Topliss-reactive ketones (excluding diaryl/α,β-unsaturated/α-hetero) is 2. The first kappa shape index (κ1) is 19.0. The summed E-state index contributed by atoms with van der Waals surface area (Å²) in [5.41, 5.74) is -0.202. The van der Waals surface area contributed by atoms with Crippen LogP contribution in [0.5, 0.6) is 0 Å². The molecule has 2 bridgehead atoms. The highest BCUT2D eigenvalue weighted by atomic mass is 16.5. The fraction of sp³-hybridized carbons (Fsp3) is 0.750. The van der Waals surface area contributed by atoms with E-state index in [1.54, 1.807) is 0 Å². The Labute approximate surface area is 171 Å². The average molecular weight is 395 g/mol. The number of esters is 1. The van der Waals surface area contributed by atoms with Crippen molar-refractivity contribution in [3.8, 4) is 6.07 Å². The van der Waals surface area contributed by atoms with Crippen LogP contribution >= 0.6 is 0 Å². The van der Waals surface area contributed by atoms with Gasteiger partial charge in [-0.2, -0.15) is 5.26 Å². The van der Waals surface area contributed by atoms with Crippen molar-refractivity contribution in [2.75, 3.05) is 0 Å². The number of rotatable bonds is 2. The van der Waals surface area contributed by atoms with E-state index in [9.17, 15) is 19.6 Å². The number of fused-ring (bicyclic) bond motifs is 6. The van der Waals surface area contributed by atoms with E-state index >= 15 is 0 Å². The Morgan fingerprint density at radius 1 is 1.31 bits per heavy atom. The predicted molar refractivity (Wildman–Crippen MR) is 104 cm³/mol. The zero-order valence-corrected chi connectivity index (χ0v) is 17.5. The Bertz CT molecular complexity index is 899. The molecule has 0 heterocycles. The van der Waals surface area contributed by atoms with Gasteiger partial charge in [-0.25, -0.2) is 0 Å². The van der Waals surface area contributed by atoms with Gasteiger partial charge < -0.3 is 4.74 Å². The lowest BCUT2D eigenvalue weighted by atomic mass is 9.44. The van der Waals surface area contributed by atoms with Crippen LogP contribution in [0.4, 0.5) is 0 Å². The number of carbonyl (C=O) groups excluding carboxylic acids is 3. The van der Waals surface area contributed by atoms with E-state index < -0.39 is 16.7 Å². The van der Waals surface area contributed by atoms with Gasteiger partial charge in [-0.05, 0) is 43.9 Å². The van der Waals surface area contributed by atoms with Gasteiger partial charge >= 0.3 is 5.97 Å². The molecule has 8 atom stereocenters. The van der Waals surface area contributed by atoms with E-state index in [2.05, 4.69) is 26.0 Å². The Balaban J connectivity index is 1.62. The lowest BCUT2D eigenvalue weighted by molar-refractivity contribution is -0.156. The van der Waals surface area contributed by atoms with Gasteiger partial charge in [-0.15, -0.1) is 0 Å². The largest absolute Gasteiger partial charge is 0.462 e. The molecule has 0 N–H and O–H groups in total. The Morgan fingerprint density at radius 2 is 2.07 bits per heavy atom. The Hall–Kier alpha value is -1.96. The maximum Gasteiger partial charge on any atom is 0.305 e. The number of hydrogen-bond acceptors (Lipinski definition) is 5. The number of nitriles is 1.